The molecular formula is C19H24N4O4S. The number of amides is 3. The van der Waals surface area contributed by atoms with Crippen LogP contribution in [0, 0.1) is 0 Å². The number of nitrogens with zero attached hydrogens (tertiary/aromatic N) is 2. The average Bonchev–Trinajstić information content (AvgIpc) is 3.06. The molecule has 28 heavy (non-hydrogen) atoms. The third-order valence-electron chi connectivity index (χ3n) is 4.29. The summed E-state index contributed by atoms with van der Waals surface area (Å²) in [6.45, 7) is 4.78. The standard InChI is InChI=1S/C19H24N4O4S/c1-11(2)20-18(25)22-19-21-13-8-9-23(10-15(13)28-19)17(24)12-6-5-7-14(26-3)16(12)27-4/h5-7,11H,8-10H2,1-4H3,(H2,20,21,22,25). The first-order chi connectivity index (χ1) is 13.4. The van der Waals surface area contributed by atoms with Crippen LogP contribution in [0.1, 0.15) is 34.8 Å². The number of hydrogen-bond acceptors (Lipinski definition) is 6. The molecule has 0 saturated carbocycles. The minimum absolute atomic E-state index is 0.0422. The Hall–Kier alpha value is -2.81. The molecule has 0 aliphatic carbocycles. The molecule has 0 radical (unpaired) electrons. The van der Waals surface area contributed by atoms with Crippen LogP contribution in [-0.2, 0) is 13.0 Å². The number of thiazole rings is 1. The number of urea groups is 1. The number of ether oxygens (including phenoxy) is 2. The summed E-state index contributed by atoms with van der Waals surface area (Å²) >= 11 is 1.39. The van der Waals surface area contributed by atoms with E-state index in [0.29, 0.717) is 41.7 Å². The highest BCUT2D eigenvalue weighted by Gasteiger charge is 2.27. The Morgan fingerprint density at radius 3 is 2.71 bits per heavy atom. The zero-order valence-corrected chi connectivity index (χ0v) is 17.2. The second-order valence-electron chi connectivity index (χ2n) is 6.66. The van der Waals surface area contributed by atoms with Crippen molar-refractivity contribution >= 4 is 28.4 Å². The van der Waals surface area contributed by atoms with E-state index >= 15 is 0 Å². The highest BCUT2D eigenvalue weighted by atomic mass is 32.1. The number of para-hydroxylation sites is 1. The van der Waals surface area contributed by atoms with E-state index in [2.05, 4.69) is 15.6 Å². The molecule has 2 aromatic rings. The SMILES string of the molecule is COc1cccc(C(=O)N2CCc3nc(NC(=O)NC(C)C)sc3C2)c1OC. The first kappa shape index (κ1) is 19.9. The van der Waals surface area contributed by atoms with Crippen LogP contribution >= 0.6 is 11.3 Å². The molecule has 1 aromatic carbocycles. The molecule has 9 heteroatoms. The topological polar surface area (TPSA) is 92.8 Å². The molecule has 0 fully saturated rings. The molecule has 2 heterocycles. The van der Waals surface area contributed by atoms with E-state index in [4.69, 9.17) is 9.47 Å². The Bertz CT molecular complexity index is 881. The Morgan fingerprint density at radius 2 is 2.04 bits per heavy atom. The van der Waals surface area contributed by atoms with Crippen molar-refractivity contribution in [3.8, 4) is 11.5 Å². The lowest BCUT2D eigenvalue weighted by molar-refractivity contribution is 0.0732. The maximum Gasteiger partial charge on any atom is 0.321 e. The van der Waals surface area contributed by atoms with Crippen molar-refractivity contribution in [3.05, 3.63) is 34.3 Å². The molecule has 0 spiro atoms. The largest absolute Gasteiger partial charge is 0.493 e. The van der Waals surface area contributed by atoms with Gasteiger partial charge in [-0.25, -0.2) is 9.78 Å². The van der Waals surface area contributed by atoms with Gasteiger partial charge in [0.1, 0.15) is 0 Å². The third-order valence-corrected chi connectivity index (χ3v) is 5.29. The summed E-state index contributed by atoms with van der Waals surface area (Å²) in [6, 6.07) is 5.02. The van der Waals surface area contributed by atoms with Crippen LogP contribution in [0.15, 0.2) is 18.2 Å². The molecule has 0 unspecified atom stereocenters. The fourth-order valence-electron chi connectivity index (χ4n) is 3.04. The zero-order valence-electron chi connectivity index (χ0n) is 16.4. The number of aromatic nitrogens is 1. The van der Waals surface area contributed by atoms with Crippen LogP contribution in [0.4, 0.5) is 9.93 Å². The summed E-state index contributed by atoms with van der Waals surface area (Å²) in [5, 5.41) is 6.07. The number of fused-ring (bicyclic) bond motifs is 1. The monoisotopic (exact) mass is 404 g/mol. The van der Waals surface area contributed by atoms with Gasteiger partial charge in [-0.15, -0.1) is 0 Å². The maximum absolute atomic E-state index is 13.1. The van der Waals surface area contributed by atoms with Crippen molar-refractivity contribution in [2.75, 3.05) is 26.1 Å². The summed E-state index contributed by atoms with van der Waals surface area (Å²) < 4.78 is 10.7. The van der Waals surface area contributed by atoms with Gasteiger partial charge in [0.05, 0.1) is 32.0 Å². The van der Waals surface area contributed by atoms with E-state index in [9.17, 15) is 9.59 Å². The van der Waals surface area contributed by atoms with Crippen molar-refractivity contribution < 1.29 is 19.1 Å². The Balaban J connectivity index is 1.75. The van der Waals surface area contributed by atoms with Gasteiger partial charge in [-0.05, 0) is 26.0 Å². The van der Waals surface area contributed by atoms with Crippen molar-refractivity contribution in [1.82, 2.24) is 15.2 Å². The number of benzene rings is 1. The Morgan fingerprint density at radius 1 is 1.25 bits per heavy atom. The van der Waals surface area contributed by atoms with E-state index < -0.39 is 0 Å². The molecule has 3 amide bonds. The second-order valence-corrected chi connectivity index (χ2v) is 7.74. The Labute approximate surface area is 167 Å². The third kappa shape index (κ3) is 4.19. The quantitative estimate of drug-likeness (QED) is 0.799. The van der Waals surface area contributed by atoms with Gasteiger partial charge in [-0.3, -0.25) is 10.1 Å². The van der Waals surface area contributed by atoms with Gasteiger partial charge >= 0.3 is 6.03 Å². The lowest BCUT2D eigenvalue weighted by atomic mass is 10.1. The molecule has 150 valence electrons. The number of hydrogen-bond donors (Lipinski definition) is 2. The molecule has 3 rings (SSSR count). The van der Waals surface area contributed by atoms with Crippen LogP contribution < -0.4 is 20.1 Å². The number of carbonyl (C=O) groups excluding carboxylic acids is 2. The molecule has 0 atom stereocenters. The van der Waals surface area contributed by atoms with Crippen molar-refractivity contribution in [3.63, 3.8) is 0 Å². The molecule has 0 bridgehead atoms. The van der Waals surface area contributed by atoms with Gasteiger partial charge in [0.2, 0.25) is 0 Å². The van der Waals surface area contributed by atoms with Gasteiger partial charge in [0.15, 0.2) is 16.6 Å². The summed E-state index contributed by atoms with van der Waals surface area (Å²) in [4.78, 5) is 32.2. The summed E-state index contributed by atoms with van der Waals surface area (Å²) in [6.07, 6.45) is 0.636. The van der Waals surface area contributed by atoms with Crippen LogP contribution in [-0.4, -0.2) is 48.6 Å². The molecule has 1 aliphatic rings. The fraction of sp³-hybridized carbons (Fsp3) is 0.421. The number of methoxy groups -OCH3 is 2. The first-order valence-electron chi connectivity index (χ1n) is 8.99. The zero-order chi connectivity index (χ0) is 20.3. The van der Waals surface area contributed by atoms with Crippen LogP contribution in [0.5, 0.6) is 11.5 Å². The van der Waals surface area contributed by atoms with E-state index in [1.54, 1.807) is 30.2 Å². The highest BCUT2D eigenvalue weighted by Crippen LogP contribution is 2.34. The van der Waals surface area contributed by atoms with Crippen molar-refractivity contribution in [2.24, 2.45) is 0 Å². The first-order valence-corrected chi connectivity index (χ1v) is 9.81. The van der Waals surface area contributed by atoms with Crippen LogP contribution in [0.3, 0.4) is 0 Å². The van der Waals surface area contributed by atoms with Crippen LogP contribution in [0.2, 0.25) is 0 Å². The minimum Gasteiger partial charge on any atom is -0.493 e. The highest BCUT2D eigenvalue weighted by molar-refractivity contribution is 7.15. The Kier molecular flexibility index (Phi) is 6.03. The van der Waals surface area contributed by atoms with Gasteiger partial charge in [0.25, 0.3) is 5.91 Å². The second kappa shape index (κ2) is 8.47. The lowest BCUT2D eigenvalue weighted by Gasteiger charge is -2.27. The number of rotatable bonds is 5. The number of nitrogens with one attached hydrogen (secondary N) is 2. The summed E-state index contributed by atoms with van der Waals surface area (Å²) in [5.41, 5.74) is 1.39. The van der Waals surface area contributed by atoms with Gasteiger partial charge in [-0.1, -0.05) is 17.4 Å². The molecule has 2 N–H and O–H groups in total. The summed E-state index contributed by atoms with van der Waals surface area (Å²) in [7, 11) is 3.06. The molecule has 0 saturated heterocycles. The van der Waals surface area contributed by atoms with E-state index in [1.165, 1.54) is 18.4 Å². The minimum atomic E-state index is -0.282. The van der Waals surface area contributed by atoms with Gasteiger partial charge < -0.3 is 19.7 Å². The maximum atomic E-state index is 13.1. The fourth-order valence-corrected chi connectivity index (χ4v) is 4.06. The van der Waals surface area contributed by atoms with Gasteiger partial charge in [-0.2, -0.15) is 0 Å². The van der Waals surface area contributed by atoms with Crippen molar-refractivity contribution in [2.45, 2.75) is 32.9 Å². The molecule has 1 aromatic heterocycles. The normalized spacial score (nSPS) is 13.1. The van der Waals surface area contributed by atoms with E-state index in [0.717, 1.165) is 10.6 Å². The average molecular weight is 404 g/mol. The number of anilines is 1. The summed E-state index contributed by atoms with van der Waals surface area (Å²) in [5.74, 6) is 0.825. The smallest absolute Gasteiger partial charge is 0.321 e. The lowest BCUT2D eigenvalue weighted by Crippen LogP contribution is -2.35. The van der Waals surface area contributed by atoms with E-state index in [-0.39, 0.29) is 18.0 Å². The predicted molar refractivity (Wildman–Crippen MR) is 107 cm³/mol. The van der Waals surface area contributed by atoms with Crippen LogP contribution in [0.25, 0.3) is 0 Å². The predicted octanol–water partition coefficient (Wildman–Crippen LogP) is 2.89. The molecule has 1 aliphatic heterocycles. The number of carbonyl (C=O) groups is 2. The van der Waals surface area contributed by atoms with Gasteiger partial charge in [0, 0.05) is 23.9 Å². The van der Waals surface area contributed by atoms with Crippen molar-refractivity contribution in [1.29, 1.82) is 0 Å². The molecule has 8 nitrogen and oxygen atoms in total. The molecular weight excluding hydrogens is 380 g/mol. The van der Waals surface area contributed by atoms with E-state index in [1.807, 2.05) is 13.8 Å².